The van der Waals surface area contributed by atoms with Crippen molar-refractivity contribution in [3.63, 3.8) is 0 Å². The highest BCUT2D eigenvalue weighted by atomic mass is 16.2. The highest BCUT2D eigenvalue weighted by Gasteiger charge is 2.20. The summed E-state index contributed by atoms with van der Waals surface area (Å²) in [7, 11) is 0. The zero-order valence-corrected chi connectivity index (χ0v) is 7.99. The van der Waals surface area contributed by atoms with E-state index in [1.165, 1.54) is 0 Å². The molecule has 1 fully saturated rings. The Morgan fingerprint density at radius 1 is 1.14 bits per heavy atom. The van der Waals surface area contributed by atoms with E-state index in [9.17, 15) is 4.79 Å². The molecule has 1 aromatic carbocycles. The molecule has 0 spiro atoms. The Morgan fingerprint density at radius 3 is 2.71 bits per heavy atom. The van der Waals surface area contributed by atoms with E-state index in [4.69, 9.17) is 0 Å². The van der Waals surface area contributed by atoms with Gasteiger partial charge in [0.15, 0.2) is 0 Å². The van der Waals surface area contributed by atoms with E-state index in [2.05, 4.69) is 10.6 Å². The molecule has 1 aliphatic rings. The largest absolute Gasteiger partial charge is 0.354 e. The molecule has 74 valence electrons. The second kappa shape index (κ2) is 4.24. The molecule has 1 aliphatic heterocycles. The summed E-state index contributed by atoms with van der Waals surface area (Å²) in [6.07, 6.45) is 0.995. The van der Waals surface area contributed by atoms with Crippen molar-refractivity contribution in [1.29, 1.82) is 0 Å². The van der Waals surface area contributed by atoms with Gasteiger partial charge >= 0.3 is 0 Å². The molecule has 14 heavy (non-hydrogen) atoms. The summed E-state index contributed by atoms with van der Waals surface area (Å²) in [5.74, 6) is 0.0775. The standard InChI is InChI=1S/C11H14N2O/c14-11-10(12-7-4-8-13-11)9-5-2-1-3-6-9/h1-3,5-6,10,12H,4,7-8H2,(H,13,14)/t10-/m0/s1. The van der Waals surface area contributed by atoms with E-state index in [1.807, 2.05) is 30.3 Å². The van der Waals surface area contributed by atoms with Crippen LogP contribution in [0.5, 0.6) is 0 Å². The maximum absolute atomic E-state index is 11.6. The van der Waals surface area contributed by atoms with Crippen LogP contribution in [0.2, 0.25) is 0 Å². The van der Waals surface area contributed by atoms with E-state index in [0.717, 1.165) is 25.1 Å². The third-order valence-electron chi connectivity index (χ3n) is 2.40. The van der Waals surface area contributed by atoms with Gasteiger partial charge in [-0.15, -0.1) is 0 Å². The third-order valence-corrected chi connectivity index (χ3v) is 2.40. The van der Waals surface area contributed by atoms with E-state index < -0.39 is 0 Å². The Morgan fingerprint density at radius 2 is 1.93 bits per heavy atom. The molecule has 2 N–H and O–H groups in total. The Balaban J connectivity index is 2.19. The van der Waals surface area contributed by atoms with E-state index in [-0.39, 0.29) is 11.9 Å². The SMILES string of the molecule is O=C1NCCCN[C@H]1c1ccccc1. The summed E-state index contributed by atoms with van der Waals surface area (Å²) in [6.45, 7) is 1.66. The second-order valence-electron chi connectivity index (χ2n) is 3.44. The lowest BCUT2D eigenvalue weighted by Crippen LogP contribution is -2.33. The number of amides is 1. The van der Waals surface area contributed by atoms with Crippen molar-refractivity contribution in [2.24, 2.45) is 0 Å². The smallest absolute Gasteiger partial charge is 0.241 e. The maximum atomic E-state index is 11.6. The molecule has 0 aromatic heterocycles. The predicted octanol–water partition coefficient (Wildman–Crippen LogP) is 0.837. The van der Waals surface area contributed by atoms with Gasteiger partial charge in [0.05, 0.1) is 0 Å². The van der Waals surface area contributed by atoms with Gasteiger partial charge in [-0.05, 0) is 18.5 Å². The van der Waals surface area contributed by atoms with Crippen molar-refractivity contribution in [3.05, 3.63) is 35.9 Å². The van der Waals surface area contributed by atoms with Crippen molar-refractivity contribution < 1.29 is 4.79 Å². The molecule has 2 rings (SSSR count). The molecule has 1 amide bonds. The van der Waals surface area contributed by atoms with Crippen LogP contribution in [0.25, 0.3) is 0 Å². The Kier molecular flexibility index (Phi) is 2.79. The third kappa shape index (κ3) is 1.93. The first-order valence-electron chi connectivity index (χ1n) is 4.94. The summed E-state index contributed by atoms with van der Waals surface area (Å²) < 4.78 is 0. The minimum absolute atomic E-state index is 0.0775. The average Bonchev–Trinajstić information content (AvgIpc) is 2.44. The minimum Gasteiger partial charge on any atom is -0.354 e. The van der Waals surface area contributed by atoms with Crippen LogP contribution in [0.1, 0.15) is 18.0 Å². The molecule has 0 aliphatic carbocycles. The number of hydrogen-bond donors (Lipinski definition) is 2. The van der Waals surface area contributed by atoms with Gasteiger partial charge in [0.2, 0.25) is 5.91 Å². The van der Waals surface area contributed by atoms with Crippen molar-refractivity contribution in [2.75, 3.05) is 13.1 Å². The fourth-order valence-electron chi connectivity index (χ4n) is 1.66. The van der Waals surface area contributed by atoms with Gasteiger partial charge in [-0.1, -0.05) is 30.3 Å². The van der Waals surface area contributed by atoms with Crippen LogP contribution in [0.15, 0.2) is 30.3 Å². The van der Waals surface area contributed by atoms with Crippen molar-refractivity contribution in [1.82, 2.24) is 10.6 Å². The van der Waals surface area contributed by atoms with E-state index >= 15 is 0 Å². The lowest BCUT2D eigenvalue weighted by atomic mass is 10.1. The van der Waals surface area contributed by atoms with Crippen molar-refractivity contribution in [3.8, 4) is 0 Å². The number of benzene rings is 1. The highest BCUT2D eigenvalue weighted by Crippen LogP contribution is 2.13. The number of carbonyl (C=O) groups is 1. The zero-order valence-electron chi connectivity index (χ0n) is 7.99. The zero-order chi connectivity index (χ0) is 9.80. The average molecular weight is 190 g/mol. The number of rotatable bonds is 1. The summed E-state index contributed by atoms with van der Waals surface area (Å²) in [4.78, 5) is 11.6. The number of hydrogen-bond acceptors (Lipinski definition) is 2. The fourth-order valence-corrected chi connectivity index (χ4v) is 1.66. The van der Waals surface area contributed by atoms with Gasteiger partial charge in [-0.3, -0.25) is 4.79 Å². The molecule has 0 bridgehead atoms. The summed E-state index contributed by atoms with van der Waals surface area (Å²) >= 11 is 0. The molecular weight excluding hydrogens is 176 g/mol. The van der Waals surface area contributed by atoms with Gasteiger partial charge < -0.3 is 10.6 Å². The van der Waals surface area contributed by atoms with Crippen LogP contribution in [0.4, 0.5) is 0 Å². The van der Waals surface area contributed by atoms with Gasteiger partial charge in [0.25, 0.3) is 0 Å². The number of nitrogens with one attached hydrogen (secondary N) is 2. The van der Waals surface area contributed by atoms with Gasteiger partial charge in [-0.2, -0.15) is 0 Å². The highest BCUT2D eigenvalue weighted by molar-refractivity contribution is 5.83. The molecule has 1 saturated heterocycles. The maximum Gasteiger partial charge on any atom is 0.241 e. The predicted molar refractivity (Wildman–Crippen MR) is 54.8 cm³/mol. The van der Waals surface area contributed by atoms with Crippen LogP contribution in [0, 0.1) is 0 Å². The lowest BCUT2D eigenvalue weighted by Gasteiger charge is -2.14. The second-order valence-corrected chi connectivity index (χ2v) is 3.44. The summed E-state index contributed by atoms with van der Waals surface area (Å²) in [6, 6.07) is 9.63. The quantitative estimate of drug-likeness (QED) is 0.689. The Bertz CT molecular complexity index is 310. The molecule has 1 aromatic rings. The first-order chi connectivity index (χ1) is 6.88. The first kappa shape index (κ1) is 9.21. The Labute approximate surface area is 83.5 Å². The van der Waals surface area contributed by atoms with Gasteiger partial charge in [0, 0.05) is 6.54 Å². The molecule has 0 unspecified atom stereocenters. The monoisotopic (exact) mass is 190 g/mol. The van der Waals surface area contributed by atoms with E-state index in [1.54, 1.807) is 0 Å². The lowest BCUT2D eigenvalue weighted by molar-refractivity contribution is -0.122. The molecule has 1 atom stereocenters. The van der Waals surface area contributed by atoms with Gasteiger partial charge in [-0.25, -0.2) is 0 Å². The van der Waals surface area contributed by atoms with Crippen molar-refractivity contribution >= 4 is 5.91 Å². The summed E-state index contributed by atoms with van der Waals surface area (Å²) in [5, 5.41) is 6.13. The molecule has 3 nitrogen and oxygen atoms in total. The fraction of sp³-hybridized carbons (Fsp3) is 0.364. The van der Waals surface area contributed by atoms with Crippen molar-refractivity contribution in [2.45, 2.75) is 12.5 Å². The normalized spacial score (nSPS) is 22.6. The topological polar surface area (TPSA) is 41.1 Å². The van der Waals surface area contributed by atoms with Gasteiger partial charge in [0.1, 0.15) is 6.04 Å². The van der Waals surface area contributed by atoms with Crippen LogP contribution >= 0.6 is 0 Å². The van der Waals surface area contributed by atoms with Crippen LogP contribution < -0.4 is 10.6 Å². The molecular formula is C11H14N2O. The molecule has 0 saturated carbocycles. The summed E-state index contributed by atoms with van der Waals surface area (Å²) in [5.41, 5.74) is 1.03. The Hall–Kier alpha value is -1.35. The first-order valence-corrected chi connectivity index (χ1v) is 4.94. The van der Waals surface area contributed by atoms with E-state index in [0.29, 0.717) is 0 Å². The molecule has 1 heterocycles. The molecule has 0 radical (unpaired) electrons. The minimum atomic E-state index is -0.182. The number of carbonyl (C=O) groups excluding carboxylic acids is 1. The van der Waals surface area contributed by atoms with Crippen LogP contribution in [-0.2, 0) is 4.79 Å². The van der Waals surface area contributed by atoms with Crippen LogP contribution in [-0.4, -0.2) is 19.0 Å². The molecule has 3 heteroatoms. The van der Waals surface area contributed by atoms with Crippen LogP contribution in [0.3, 0.4) is 0 Å².